The van der Waals surface area contributed by atoms with E-state index < -0.39 is 10.0 Å². The first-order chi connectivity index (χ1) is 8.92. The van der Waals surface area contributed by atoms with Crippen LogP contribution in [0.25, 0.3) is 0 Å². The Morgan fingerprint density at radius 2 is 1.47 bits per heavy atom. The molecule has 2 aromatic rings. The van der Waals surface area contributed by atoms with Crippen LogP contribution < -0.4 is 4.72 Å². The third-order valence-electron chi connectivity index (χ3n) is 2.32. The van der Waals surface area contributed by atoms with Gasteiger partial charge in [0.05, 0.1) is 4.47 Å². The van der Waals surface area contributed by atoms with Crippen LogP contribution in [0.15, 0.2) is 60.8 Å². The molecule has 0 saturated heterocycles. The Morgan fingerprint density at radius 1 is 0.842 bits per heavy atom. The lowest BCUT2D eigenvalue weighted by Gasteiger charge is -2.11. The Kier molecular flexibility index (Phi) is 4.70. The van der Waals surface area contributed by atoms with E-state index in [2.05, 4.69) is 52.5 Å². The molecule has 2 aromatic carbocycles. The van der Waals surface area contributed by atoms with Gasteiger partial charge in [0.1, 0.15) is 4.90 Å². The van der Waals surface area contributed by atoms with E-state index in [4.69, 9.17) is 0 Å². The number of rotatable bonds is 3. The summed E-state index contributed by atoms with van der Waals surface area (Å²) in [5.41, 5.74) is 0.522. The number of para-hydroxylation sites is 1. The van der Waals surface area contributed by atoms with Crippen LogP contribution >= 0.6 is 47.8 Å². The minimum Gasteiger partial charge on any atom is -0.280 e. The van der Waals surface area contributed by atoms with E-state index in [0.29, 0.717) is 14.6 Å². The Hall–Kier alpha value is -0.370. The Labute approximate surface area is 136 Å². The van der Waals surface area contributed by atoms with E-state index >= 15 is 0 Å². The fourth-order valence-corrected chi connectivity index (χ4v) is 4.63. The molecule has 0 aromatic heterocycles. The highest BCUT2D eigenvalue weighted by Gasteiger charge is 2.20. The zero-order valence-corrected chi connectivity index (χ0v) is 15.0. The molecule has 0 aliphatic carbocycles. The lowest BCUT2D eigenvalue weighted by atomic mass is 10.3. The highest BCUT2D eigenvalue weighted by Crippen LogP contribution is 2.36. The number of hydrogen-bond acceptors (Lipinski definition) is 2. The Morgan fingerprint density at radius 3 is 2.11 bits per heavy atom. The molecule has 0 atom stereocenters. The molecule has 0 aliphatic heterocycles. The number of anilines is 1. The summed E-state index contributed by atoms with van der Waals surface area (Å²) in [5.74, 6) is 0. The van der Waals surface area contributed by atoms with Crippen molar-refractivity contribution in [2.75, 3.05) is 4.72 Å². The smallest absolute Gasteiger partial charge is 0.263 e. The second-order valence-corrected chi connectivity index (χ2v) is 7.74. The van der Waals surface area contributed by atoms with Crippen molar-refractivity contribution < 1.29 is 8.42 Å². The topological polar surface area (TPSA) is 46.2 Å². The van der Waals surface area contributed by atoms with E-state index in [0.717, 1.165) is 4.47 Å². The molecular formula is C12H8Br3NO2S. The van der Waals surface area contributed by atoms with Crippen molar-refractivity contribution in [3.63, 3.8) is 0 Å². The van der Waals surface area contributed by atoms with Crippen LogP contribution in [0, 0.1) is 0 Å². The van der Waals surface area contributed by atoms with E-state index in [1.807, 2.05) is 6.07 Å². The molecule has 19 heavy (non-hydrogen) atoms. The second kappa shape index (κ2) is 5.95. The van der Waals surface area contributed by atoms with E-state index in [-0.39, 0.29) is 4.90 Å². The van der Waals surface area contributed by atoms with Crippen LogP contribution in [0.3, 0.4) is 0 Å². The van der Waals surface area contributed by atoms with Crippen LogP contribution in [-0.4, -0.2) is 8.42 Å². The van der Waals surface area contributed by atoms with Crippen molar-refractivity contribution in [2.24, 2.45) is 0 Å². The zero-order valence-electron chi connectivity index (χ0n) is 9.40. The molecule has 7 heteroatoms. The maximum absolute atomic E-state index is 12.3. The molecule has 0 aliphatic rings. The normalized spacial score (nSPS) is 11.3. The highest BCUT2D eigenvalue weighted by atomic mass is 79.9. The maximum atomic E-state index is 12.3. The third-order valence-corrected chi connectivity index (χ3v) is 7.37. The van der Waals surface area contributed by atoms with E-state index in [9.17, 15) is 8.42 Å². The second-order valence-electron chi connectivity index (χ2n) is 3.65. The Balaban J connectivity index is 2.44. The molecule has 0 amide bonds. The molecule has 3 nitrogen and oxygen atoms in total. The van der Waals surface area contributed by atoms with Crippen LogP contribution in [0.1, 0.15) is 0 Å². The van der Waals surface area contributed by atoms with Crippen molar-refractivity contribution in [1.82, 2.24) is 0 Å². The molecule has 0 bridgehead atoms. The molecule has 1 N–H and O–H groups in total. The van der Waals surface area contributed by atoms with Gasteiger partial charge in [-0.2, -0.15) is 0 Å². The predicted molar refractivity (Wildman–Crippen MR) is 86.8 cm³/mol. The summed E-state index contributed by atoms with van der Waals surface area (Å²) in [6.07, 6.45) is 0. The number of benzene rings is 2. The molecule has 0 fully saturated rings. The molecule has 0 unspecified atom stereocenters. The molecule has 0 spiro atoms. The third kappa shape index (κ3) is 3.39. The largest absolute Gasteiger partial charge is 0.280 e. The number of nitrogens with one attached hydrogen (secondary N) is 1. The monoisotopic (exact) mass is 467 g/mol. The van der Waals surface area contributed by atoms with Gasteiger partial charge in [-0.1, -0.05) is 18.2 Å². The molecule has 0 radical (unpaired) electrons. The average molecular weight is 470 g/mol. The maximum Gasteiger partial charge on any atom is 0.263 e. The standard InChI is InChI=1S/C12H8Br3NO2S/c13-9-6-7-10(12(15)11(9)14)19(17,18)16-8-4-2-1-3-5-8/h1-7,16H. The summed E-state index contributed by atoms with van der Waals surface area (Å²) >= 11 is 9.93. The minimum absolute atomic E-state index is 0.173. The van der Waals surface area contributed by atoms with Gasteiger partial charge in [-0.25, -0.2) is 8.42 Å². The minimum atomic E-state index is -3.63. The summed E-state index contributed by atoms with van der Waals surface area (Å²) < 4.78 is 29.1. The fourth-order valence-electron chi connectivity index (χ4n) is 1.43. The van der Waals surface area contributed by atoms with Gasteiger partial charge in [0.2, 0.25) is 0 Å². The summed E-state index contributed by atoms with van der Waals surface area (Å²) in [6.45, 7) is 0. The molecule has 2 rings (SSSR count). The Bertz CT molecular complexity index is 702. The van der Waals surface area contributed by atoms with Crippen molar-refractivity contribution in [3.05, 3.63) is 55.9 Å². The summed E-state index contributed by atoms with van der Waals surface area (Å²) in [5, 5.41) is 0. The lowest BCUT2D eigenvalue weighted by Crippen LogP contribution is -2.13. The van der Waals surface area contributed by atoms with Gasteiger partial charge >= 0.3 is 0 Å². The zero-order chi connectivity index (χ0) is 14.0. The average Bonchev–Trinajstić information content (AvgIpc) is 2.36. The molecule has 0 saturated carbocycles. The van der Waals surface area contributed by atoms with E-state index in [1.165, 1.54) is 6.07 Å². The van der Waals surface area contributed by atoms with Crippen LogP contribution in [0.4, 0.5) is 5.69 Å². The summed E-state index contributed by atoms with van der Waals surface area (Å²) in [7, 11) is -3.63. The summed E-state index contributed by atoms with van der Waals surface area (Å²) in [4.78, 5) is 0.173. The number of hydrogen-bond donors (Lipinski definition) is 1. The van der Waals surface area contributed by atoms with Crippen molar-refractivity contribution in [3.8, 4) is 0 Å². The van der Waals surface area contributed by atoms with Crippen LogP contribution in [0.5, 0.6) is 0 Å². The van der Waals surface area contributed by atoms with Gasteiger partial charge in [-0.15, -0.1) is 0 Å². The molecular weight excluding hydrogens is 462 g/mol. The SMILES string of the molecule is O=S(=O)(Nc1ccccc1)c1ccc(Br)c(Br)c1Br. The lowest BCUT2D eigenvalue weighted by molar-refractivity contribution is 0.600. The first kappa shape index (κ1) is 15.0. The van der Waals surface area contributed by atoms with Gasteiger partial charge in [0, 0.05) is 14.6 Å². The molecule has 0 heterocycles. The highest BCUT2D eigenvalue weighted by molar-refractivity contribution is 9.14. The molecule has 100 valence electrons. The van der Waals surface area contributed by atoms with E-state index in [1.54, 1.807) is 30.3 Å². The van der Waals surface area contributed by atoms with Crippen molar-refractivity contribution >= 4 is 63.5 Å². The van der Waals surface area contributed by atoms with Gasteiger partial charge in [0.15, 0.2) is 0 Å². The van der Waals surface area contributed by atoms with Crippen molar-refractivity contribution in [1.29, 1.82) is 0 Å². The van der Waals surface area contributed by atoms with Gasteiger partial charge in [0.25, 0.3) is 10.0 Å². The predicted octanol–water partition coefficient (Wildman–Crippen LogP) is 4.77. The van der Waals surface area contributed by atoms with Gasteiger partial charge in [-0.3, -0.25) is 4.72 Å². The number of sulfonamides is 1. The fraction of sp³-hybridized carbons (Fsp3) is 0. The van der Waals surface area contributed by atoms with Gasteiger partial charge in [-0.05, 0) is 72.1 Å². The van der Waals surface area contributed by atoms with Crippen LogP contribution in [0.2, 0.25) is 0 Å². The first-order valence-electron chi connectivity index (χ1n) is 5.13. The quantitative estimate of drug-likeness (QED) is 0.658. The summed E-state index contributed by atoms with van der Waals surface area (Å²) in [6, 6.07) is 12.0. The first-order valence-corrected chi connectivity index (χ1v) is 8.99. The van der Waals surface area contributed by atoms with Gasteiger partial charge < -0.3 is 0 Å². The van der Waals surface area contributed by atoms with Crippen LogP contribution in [-0.2, 0) is 10.0 Å². The van der Waals surface area contributed by atoms with Crippen molar-refractivity contribution in [2.45, 2.75) is 4.90 Å². The number of halogens is 3.